The van der Waals surface area contributed by atoms with Gasteiger partial charge in [-0.15, -0.1) is 0 Å². The van der Waals surface area contributed by atoms with Gasteiger partial charge in [0.1, 0.15) is 0 Å². The summed E-state index contributed by atoms with van der Waals surface area (Å²) in [6.45, 7) is -0.902. The Morgan fingerprint density at radius 2 is 1.89 bits per heavy atom. The summed E-state index contributed by atoms with van der Waals surface area (Å²) >= 11 is 0. The lowest BCUT2D eigenvalue weighted by Crippen LogP contribution is -2.64. The second kappa shape index (κ2) is 4.58. The molecule has 0 bridgehead atoms. The van der Waals surface area contributed by atoms with E-state index in [1.807, 2.05) is 0 Å². The van der Waals surface area contributed by atoms with Crippen molar-refractivity contribution in [2.24, 2.45) is 0 Å². The van der Waals surface area contributed by atoms with Crippen molar-refractivity contribution in [1.29, 1.82) is 0 Å². The molecule has 0 atom stereocenters. The van der Waals surface area contributed by atoms with Crippen molar-refractivity contribution >= 4 is 6.09 Å². The summed E-state index contributed by atoms with van der Waals surface area (Å²) in [6.07, 6.45) is -5.42. The van der Waals surface area contributed by atoms with Crippen molar-refractivity contribution in [3.05, 3.63) is 0 Å². The van der Waals surface area contributed by atoms with E-state index in [2.05, 4.69) is 9.47 Å². The molecule has 0 radical (unpaired) electrons. The van der Waals surface area contributed by atoms with E-state index in [1.165, 1.54) is 4.90 Å². The quantitative estimate of drug-likeness (QED) is 0.768. The molecule has 104 valence electrons. The maximum absolute atomic E-state index is 12.7. The minimum Gasteiger partial charge on any atom is -0.428 e. The number of aliphatic hydroxyl groups excluding tert-OH is 1. The molecular weight excluding hydrogens is 255 g/mol. The Morgan fingerprint density at radius 3 is 2.28 bits per heavy atom. The highest BCUT2D eigenvalue weighted by Crippen LogP contribution is 2.39. The van der Waals surface area contributed by atoms with Crippen LogP contribution in [0.4, 0.5) is 18.0 Å². The van der Waals surface area contributed by atoms with E-state index < -0.39 is 37.2 Å². The number of alkyl halides is 3. The van der Waals surface area contributed by atoms with E-state index in [-0.39, 0.29) is 13.1 Å². The third-order valence-corrected chi connectivity index (χ3v) is 3.19. The summed E-state index contributed by atoms with van der Waals surface area (Å²) < 4.78 is 47.3. The molecular formula is C10H14F3NO4. The zero-order valence-electron chi connectivity index (χ0n) is 9.57. The highest BCUT2D eigenvalue weighted by molar-refractivity contribution is 5.68. The van der Waals surface area contributed by atoms with Crippen LogP contribution in [0.1, 0.15) is 12.8 Å². The maximum Gasteiger partial charge on any atom is 0.433 e. The molecule has 0 unspecified atom stereocenters. The summed E-state index contributed by atoms with van der Waals surface area (Å²) in [4.78, 5) is 12.8. The van der Waals surface area contributed by atoms with Crippen LogP contribution in [0.2, 0.25) is 0 Å². The Kier molecular flexibility index (Phi) is 3.41. The third kappa shape index (κ3) is 2.39. The second-order valence-electron chi connectivity index (χ2n) is 4.57. The zero-order chi connectivity index (χ0) is 13.4. The molecule has 8 heteroatoms. The molecule has 0 aromatic heterocycles. The van der Waals surface area contributed by atoms with Crippen LogP contribution in [0.5, 0.6) is 0 Å². The standard InChI is InChI=1S/C10H14F3NO4/c11-10(12,13)9(5-17-6-9)18-8(16)14-3-1-7(15)2-4-14/h7,15H,1-6H2. The topological polar surface area (TPSA) is 59.0 Å². The Bertz CT molecular complexity index is 322. The number of carbonyl (C=O) groups is 1. The number of halogens is 3. The third-order valence-electron chi connectivity index (χ3n) is 3.19. The average molecular weight is 269 g/mol. The van der Waals surface area contributed by atoms with Gasteiger partial charge in [-0.2, -0.15) is 13.2 Å². The summed E-state index contributed by atoms with van der Waals surface area (Å²) in [6, 6.07) is 0. The fraction of sp³-hybridized carbons (Fsp3) is 0.900. The first kappa shape index (κ1) is 13.4. The predicted molar refractivity (Wildman–Crippen MR) is 52.9 cm³/mol. The Balaban J connectivity index is 1.94. The van der Waals surface area contributed by atoms with E-state index in [9.17, 15) is 23.1 Å². The molecule has 2 heterocycles. The van der Waals surface area contributed by atoms with E-state index >= 15 is 0 Å². The van der Waals surface area contributed by atoms with Crippen molar-refractivity contribution in [2.75, 3.05) is 26.3 Å². The fourth-order valence-corrected chi connectivity index (χ4v) is 1.85. The van der Waals surface area contributed by atoms with Gasteiger partial charge in [-0.05, 0) is 12.8 Å². The molecule has 1 amide bonds. The van der Waals surface area contributed by atoms with Gasteiger partial charge in [-0.1, -0.05) is 0 Å². The van der Waals surface area contributed by atoms with Crippen molar-refractivity contribution in [3.63, 3.8) is 0 Å². The Labute approximate surface area is 101 Å². The molecule has 2 saturated heterocycles. The molecule has 0 spiro atoms. The number of likely N-dealkylation sites (tertiary alicyclic amines) is 1. The van der Waals surface area contributed by atoms with Gasteiger partial charge in [0.15, 0.2) is 0 Å². The van der Waals surface area contributed by atoms with Crippen LogP contribution in [-0.4, -0.2) is 60.3 Å². The Hall–Kier alpha value is -1.02. The normalized spacial score (nSPS) is 24.6. The lowest BCUT2D eigenvalue weighted by atomic mass is 10.0. The van der Waals surface area contributed by atoms with Gasteiger partial charge in [-0.3, -0.25) is 0 Å². The lowest BCUT2D eigenvalue weighted by Gasteiger charge is -2.42. The molecule has 0 aromatic rings. The van der Waals surface area contributed by atoms with Crippen LogP contribution < -0.4 is 0 Å². The molecule has 18 heavy (non-hydrogen) atoms. The highest BCUT2D eigenvalue weighted by Gasteiger charge is 2.64. The highest BCUT2D eigenvalue weighted by atomic mass is 19.4. The molecule has 2 fully saturated rings. The van der Waals surface area contributed by atoms with E-state index in [4.69, 9.17) is 0 Å². The van der Waals surface area contributed by atoms with Crippen LogP contribution >= 0.6 is 0 Å². The zero-order valence-corrected chi connectivity index (χ0v) is 9.57. The second-order valence-corrected chi connectivity index (χ2v) is 4.57. The summed E-state index contributed by atoms with van der Waals surface area (Å²) in [5, 5.41) is 9.25. The number of ether oxygens (including phenoxy) is 2. The van der Waals surface area contributed by atoms with Crippen molar-refractivity contribution in [1.82, 2.24) is 4.90 Å². The molecule has 2 aliphatic heterocycles. The van der Waals surface area contributed by atoms with Gasteiger partial charge < -0.3 is 19.5 Å². The Morgan fingerprint density at radius 1 is 1.33 bits per heavy atom. The predicted octanol–water partition coefficient (Wildman–Crippen LogP) is 0.911. The number of hydrogen-bond donors (Lipinski definition) is 1. The fourth-order valence-electron chi connectivity index (χ4n) is 1.85. The monoisotopic (exact) mass is 269 g/mol. The summed E-state index contributed by atoms with van der Waals surface area (Å²) in [5.74, 6) is 0. The number of amides is 1. The molecule has 1 N–H and O–H groups in total. The number of hydrogen-bond acceptors (Lipinski definition) is 4. The first-order valence-corrected chi connectivity index (χ1v) is 5.64. The van der Waals surface area contributed by atoms with Gasteiger partial charge in [0.05, 0.1) is 19.3 Å². The molecule has 2 rings (SSSR count). The molecule has 2 aliphatic rings. The number of aliphatic hydroxyl groups is 1. The average Bonchev–Trinajstić information content (AvgIpc) is 2.22. The smallest absolute Gasteiger partial charge is 0.428 e. The van der Waals surface area contributed by atoms with Crippen LogP contribution in [0.3, 0.4) is 0 Å². The van der Waals surface area contributed by atoms with E-state index in [1.54, 1.807) is 0 Å². The first-order valence-electron chi connectivity index (χ1n) is 5.64. The van der Waals surface area contributed by atoms with Gasteiger partial charge in [0.25, 0.3) is 5.60 Å². The summed E-state index contributed by atoms with van der Waals surface area (Å²) in [5.41, 5.74) is -2.50. The summed E-state index contributed by atoms with van der Waals surface area (Å²) in [7, 11) is 0. The molecule has 0 aromatic carbocycles. The maximum atomic E-state index is 12.7. The minimum absolute atomic E-state index is 0.203. The largest absolute Gasteiger partial charge is 0.433 e. The van der Waals surface area contributed by atoms with E-state index in [0.29, 0.717) is 12.8 Å². The number of piperidine rings is 1. The van der Waals surface area contributed by atoms with Gasteiger partial charge >= 0.3 is 12.3 Å². The number of nitrogens with zero attached hydrogens (tertiary/aromatic N) is 1. The van der Waals surface area contributed by atoms with Crippen LogP contribution in [0.25, 0.3) is 0 Å². The number of carbonyl (C=O) groups excluding carboxylic acids is 1. The number of rotatable bonds is 1. The first-order chi connectivity index (χ1) is 8.34. The van der Waals surface area contributed by atoms with E-state index in [0.717, 1.165) is 0 Å². The van der Waals surface area contributed by atoms with Crippen LogP contribution in [0.15, 0.2) is 0 Å². The van der Waals surface area contributed by atoms with Crippen molar-refractivity contribution in [3.8, 4) is 0 Å². The van der Waals surface area contributed by atoms with Crippen molar-refractivity contribution in [2.45, 2.75) is 30.7 Å². The lowest BCUT2D eigenvalue weighted by molar-refractivity contribution is -0.333. The SMILES string of the molecule is O=C(OC1(C(F)(F)F)COC1)N1CCC(O)CC1. The molecule has 5 nitrogen and oxygen atoms in total. The minimum atomic E-state index is -4.63. The van der Waals surface area contributed by atoms with Crippen LogP contribution in [0, 0.1) is 0 Å². The van der Waals surface area contributed by atoms with Gasteiger partial charge in [0, 0.05) is 13.1 Å². The van der Waals surface area contributed by atoms with Crippen LogP contribution in [-0.2, 0) is 9.47 Å². The molecule has 0 aliphatic carbocycles. The molecule has 0 saturated carbocycles. The van der Waals surface area contributed by atoms with Gasteiger partial charge in [-0.25, -0.2) is 4.79 Å². The van der Waals surface area contributed by atoms with Gasteiger partial charge in [0.2, 0.25) is 0 Å². The van der Waals surface area contributed by atoms with Crippen molar-refractivity contribution < 1.29 is 32.5 Å².